The van der Waals surface area contributed by atoms with Crippen molar-refractivity contribution in [3.05, 3.63) is 45.8 Å². The number of esters is 2. The second-order valence-corrected chi connectivity index (χ2v) is 6.94. The molecule has 0 unspecified atom stereocenters. The Morgan fingerprint density at radius 3 is 2.41 bits per heavy atom. The second kappa shape index (κ2) is 10.0. The number of halogens is 1. The Morgan fingerprint density at radius 2 is 1.79 bits per heavy atom. The van der Waals surface area contributed by atoms with E-state index in [9.17, 15) is 19.2 Å². The first-order valence-electron chi connectivity index (χ1n) is 8.49. The van der Waals surface area contributed by atoms with Crippen LogP contribution >= 0.6 is 22.9 Å². The van der Waals surface area contributed by atoms with E-state index in [1.54, 1.807) is 32.0 Å². The molecule has 154 valence electrons. The summed E-state index contributed by atoms with van der Waals surface area (Å²) in [5.41, 5.74) is 0.855. The fourth-order valence-corrected chi connectivity index (χ4v) is 3.66. The Hall–Kier alpha value is -2.91. The lowest BCUT2D eigenvalue weighted by Crippen LogP contribution is -2.16. The summed E-state index contributed by atoms with van der Waals surface area (Å²) in [5, 5.41) is 5.32. The van der Waals surface area contributed by atoms with Gasteiger partial charge in [0.05, 0.1) is 35.4 Å². The average molecular weight is 439 g/mol. The first-order chi connectivity index (χ1) is 13.8. The van der Waals surface area contributed by atoms with E-state index in [0.717, 1.165) is 11.3 Å². The third-order valence-corrected chi connectivity index (χ3v) is 5.24. The van der Waals surface area contributed by atoms with Gasteiger partial charge in [-0.3, -0.25) is 9.59 Å². The van der Waals surface area contributed by atoms with Gasteiger partial charge in [0.1, 0.15) is 10.9 Å². The Balaban J connectivity index is 2.43. The number of para-hydroxylation sites is 1. The van der Waals surface area contributed by atoms with Crippen molar-refractivity contribution in [1.82, 2.24) is 0 Å². The predicted molar refractivity (Wildman–Crippen MR) is 110 cm³/mol. The Kier molecular flexibility index (Phi) is 7.74. The Labute approximate surface area is 176 Å². The van der Waals surface area contributed by atoms with Crippen molar-refractivity contribution in [2.75, 3.05) is 30.2 Å². The molecule has 2 aromatic rings. The van der Waals surface area contributed by atoms with Crippen LogP contribution in [-0.4, -0.2) is 43.3 Å². The van der Waals surface area contributed by atoms with Gasteiger partial charge in [0.2, 0.25) is 5.91 Å². The topological polar surface area (TPSA) is 111 Å². The van der Waals surface area contributed by atoms with Gasteiger partial charge in [-0.1, -0.05) is 12.1 Å². The maximum absolute atomic E-state index is 12.9. The van der Waals surface area contributed by atoms with E-state index in [-0.39, 0.29) is 39.2 Å². The highest BCUT2D eigenvalue weighted by Crippen LogP contribution is 2.34. The molecule has 1 aromatic heterocycles. The summed E-state index contributed by atoms with van der Waals surface area (Å²) >= 11 is 6.44. The molecule has 0 aliphatic heterocycles. The lowest BCUT2D eigenvalue weighted by molar-refractivity contribution is -0.113. The summed E-state index contributed by atoms with van der Waals surface area (Å²) in [4.78, 5) is 49.0. The Morgan fingerprint density at radius 1 is 1.10 bits per heavy atom. The summed E-state index contributed by atoms with van der Waals surface area (Å²) in [6.07, 6.45) is 0. The van der Waals surface area contributed by atoms with Gasteiger partial charge in [-0.15, -0.1) is 22.9 Å². The number of ether oxygens (including phenoxy) is 2. The van der Waals surface area contributed by atoms with Crippen molar-refractivity contribution >= 4 is 57.4 Å². The van der Waals surface area contributed by atoms with Crippen LogP contribution in [0, 0.1) is 6.92 Å². The van der Waals surface area contributed by atoms with E-state index in [2.05, 4.69) is 10.6 Å². The van der Waals surface area contributed by atoms with Crippen molar-refractivity contribution in [3.8, 4) is 0 Å². The SMILES string of the molecule is CCOC(=O)c1c(NC(=O)CCl)sc(C(=O)Nc2ccccc2C(=O)OC)c1C. The number of anilines is 2. The number of thiophene rings is 1. The highest BCUT2D eigenvalue weighted by atomic mass is 35.5. The fraction of sp³-hybridized carbons (Fsp3) is 0.263. The van der Waals surface area contributed by atoms with Gasteiger partial charge in [0, 0.05) is 0 Å². The number of rotatable bonds is 7. The van der Waals surface area contributed by atoms with Crippen LogP contribution in [0.25, 0.3) is 0 Å². The molecule has 29 heavy (non-hydrogen) atoms. The summed E-state index contributed by atoms with van der Waals surface area (Å²) in [6, 6.07) is 6.35. The van der Waals surface area contributed by atoms with Crippen molar-refractivity contribution in [3.63, 3.8) is 0 Å². The van der Waals surface area contributed by atoms with Crippen molar-refractivity contribution < 1.29 is 28.7 Å². The van der Waals surface area contributed by atoms with Gasteiger partial charge in [-0.25, -0.2) is 9.59 Å². The molecule has 1 heterocycles. The largest absolute Gasteiger partial charge is 0.465 e. The van der Waals surface area contributed by atoms with Crippen LogP contribution in [0.2, 0.25) is 0 Å². The number of carbonyl (C=O) groups is 4. The number of alkyl halides is 1. The van der Waals surface area contributed by atoms with Gasteiger partial charge in [0.15, 0.2) is 0 Å². The van der Waals surface area contributed by atoms with Crippen LogP contribution < -0.4 is 10.6 Å². The van der Waals surface area contributed by atoms with Crippen molar-refractivity contribution in [1.29, 1.82) is 0 Å². The van der Waals surface area contributed by atoms with E-state index in [4.69, 9.17) is 21.1 Å². The van der Waals surface area contributed by atoms with Crippen LogP contribution in [0.1, 0.15) is 42.9 Å². The summed E-state index contributed by atoms with van der Waals surface area (Å²) < 4.78 is 9.75. The van der Waals surface area contributed by atoms with Gasteiger partial charge < -0.3 is 20.1 Å². The van der Waals surface area contributed by atoms with Crippen molar-refractivity contribution in [2.45, 2.75) is 13.8 Å². The molecule has 2 rings (SSSR count). The first kappa shape index (κ1) is 22.4. The molecule has 0 saturated heterocycles. The van der Waals surface area contributed by atoms with E-state index in [1.165, 1.54) is 13.2 Å². The number of nitrogens with one attached hydrogen (secondary N) is 2. The van der Waals surface area contributed by atoms with Crippen LogP contribution in [0.5, 0.6) is 0 Å². The molecule has 0 radical (unpaired) electrons. The van der Waals surface area contributed by atoms with Gasteiger partial charge in [0.25, 0.3) is 5.91 Å². The lowest BCUT2D eigenvalue weighted by atomic mass is 10.1. The highest BCUT2D eigenvalue weighted by Gasteiger charge is 2.27. The fourth-order valence-electron chi connectivity index (χ4n) is 2.49. The molecule has 0 aliphatic carbocycles. The summed E-state index contributed by atoms with van der Waals surface area (Å²) in [6.45, 7) is 3.35. The highest BCUT2D eigenvalue weighted by molar-refractivity contribution is 7.19. The number of carbonyl (C=O) groups excluding carboxylic acids is 4. The van der Waals surface area contributed by atoms with E-state index in [0.29, 0.717) is 5.56 Å². The third kappa shape index (κ3) is 5.12. The maximum atomic E-state index is 12.9. The molecule has 0 aliphatic rings. The minimum Gasteiger partial charge on any atom is -0.465 e. The van der Waals surface area contributed by atoms with Gasteiger partial charge in [-0.05, 0) is 31.5 Å². The van der Waals surface area contributed by atoms with E-state index < -0.39 is 23.8 Å². The zero-order valence-corrected chi connectivity index (χ0v) is 17.5. The molecule has 0 spiro atoms. The molecular formula is C19H19ClN2O6S. The molecule has 2 amide bonds. The van der Waals surface area contributed by atoms with Crippen molar-refractivity contribution in [2.24, 2.45) is 0 Å². The normalized spacial score (nSPS) is 10.2. The molecule has 0 saturated carbocycles. The molecule has 10 heteroatoms. The monoisotopic (exact) mass is 438 g/mol. The minimum absolute atomic E-state index is 0.0849. The smallest absolute Gasteiger partial charge is 0.341 e. The van der Waals surface area contributed by atoms with E-state index in [1.807, 2.05) is 0 Å². The zero-order chi connectivity index (χ0) is 21.6. The van der Waals surface area contributed by atoms with Crippen LogP contribution in [-0.2, 0) is 14.3 Å². The first-order valence-corrected chi connectivity index (χ1v) is 9.84. The Bertz CT molecular complexity index is 956. The molecule has 0 bridgehead atoms. The van der Waals surface area contributed by atoms with Crippen LogP contribution in [0.15, 0.2) is 24.3 Å². The van der Waals surface area contributed by atoms with Gasteiger partial charge >= 0.3 is 11.9 Å². The third-order valence-electron chi connectivity index (χ3n) is 3.79. The molecule has 0 atom stereocenters. The maximum Gasteiger partial charge on any atom is 0.341 e. The zero-order valence-electron chi connectivity index (χ0n) is 16.0. The predicted octanol–water partition coefficient (Wildman–Crippen LogP) is 3.45. The van der Waals surface area contributed by atoms with Crippen LogP contribution in [0.3, 0.4) is 0 Å². The number of methoxy groups -OCH3 is 1. The number of hydrogen-bond donors (Lipinski definition) is 2. The quantitative estimate of drug-likeness (QED) is 0.506. The standard InChI is InChI=1S/C19H19ClN2O6S/c1-4-28-19(26)14-10(2)15(29-17(14)22-13(23)9-20)16(24)21-12-8-6-5-7-11(12)18(25)27-3/h5-8H,4,9H2,1-3H3,(H,21,24)(H,22,23). The minimum atomic E-state index is -0.667. The van der Waals surface area contributed by atoms with E-state index >= 15 is 0 Å². The van der Waals surface area contributed by atoms with Gasteiger partial charge in [-0.2, -0.15) is 0 Å². The van der Waals surface area contributed by atoms with Crippen LogP contribution in [0.4, 0.5) is 10.7 Å². The number of benzene rings is 1. The molecule has 1 aromatic carbocycles. The average Bonchev–Trinajstić information content (AvgIpc) is 3.03. The second-order valence-electron chi connectivity index (χ2n) is 5.65. The molecule has 2 N–H and O–H groups in total. The molecule has 0 fully saturated rings. The number of hydrogen-bond acceptors (Lipinski definition) is 7. The molecule has 8 nitrogen and oxygen atoms in total. The lowest BCUT2D eigenvalue weighted by Gasteiger charge is -2.09. The summed E-state index contributed by atoms with van der Waals surface area (Å²) in [5.74, 6) is -2.67. The number of amides is 2. The summed E-state index contributed by atoms with van der Waals surface area (Å²) in [7, 11) is 1.24. The molecular weight excluding hydrogens is 420 g/mol.